The molecule has 0 aliphatic carbocycles. The SMILES string of the molecule is Cc1cnc(CNC(=NCC(=O)N(C)C)NCC(C)C)s1. The van der Waals surface area contributed by atoms with Crippen molar-refractivity contribution in [3.8, 4) is 0 Å². The third-order valence-electron chi connectivity index (χ3n) is 2.63. The molecule has 0 aromatic carbocycles. The molecular weight excluding hydrogens is 286 g/mol. The number of guanidine groups is 1. The Labute approximate surface area is 130 Å². The van der Waals surface area contributed by atoms with Crippen LogP contribution < -0.4 is 10.6 Å². The lowest BCUT2D eigenvalue weighted by molar-refractivity contribution is -0.127. The molecule has 1 aromatic rings. The molecule has 1 amide bonds. The quantitative estimate of drug-likeness (QED) is 0.612. The molecule has 7 heteroatoms. The van der Waals surface area contributed by atoms with Crippen LogP contribution in [0.15, 0.2) is 11.2 Å². The lowest BCUT2D eigenvalue weighted by Gasteiger charge is -2.14. The van der Waals surface area contributed by atoms with E-state index in [0.29, 0.717) is 18.4 Å². The normalized spacial score (nSPS) is 11.6. The molecule has 21 heavy (non-hydrogen) atoms. The molecule has 0 fully saturated rings. The first-order valence-corrected chi connectivity index (χ1v) is 7.83. The number of thiazole rings is 1. The van der Waals surface area contributed by atoms with Crippen molar-refractivity contribution in [2.45, 2.75) is 27.3 Å². The third-order valence-corrected chi connectivity index (χ3v) is 3.54. The molecule has 0 atom stereocenters. The highest BCUT2D eigenvalue weighted by molar-refractivity contribution is 7.11. The first-order chi connectivity index (χ1) is 9.88. The number of likely N-dealkylation sites (N-methyl/N-ethyl adjacent to an activating group) is 1. The first kappa shape index (κ1) is 17.4. The van der Waals surface area contributed by atoms with Crippen molar-refractivity contribution < 1.29 is 4.79 Å². The van der Waals surface area contributed by atoms with Crippen molar-refractivity contribution in [2.75, 3.05) is 27.2 Å². The smallest absolute Gasteiger partial charge is 0.243 e. The van der Waals surface area contributed by atoms with E-state index < -0.39 is 0 Å². The van der Waals surface area contributed by atoms with Gasteiger partial charge in [-0.3, -0.25) is 4.79 Å². The van der Waals surface area contributed by atoms with Crippen LogP contribution in [0.4, 0.5) is 0 Å². The summed E-state index contributed by atoms with van der Waals surface area (Å²) in [5.74, 6) is 1.13. The Kier molecular flexibility index (Phi) is 7.14. The summed E-state index contributed by atoms with van der Waals surface area (Å²) in [6.07, 6.45) is 1.86. The fourth-order valence-electron chi connectivity index (χ4n) is 1.41. The second-order valence-corrected chi connectivity index (χ2v) is 6.77. The standard InChI is InChI=1S/C14H25N5OS/c1-10(2)6-16-14(18-9-13(20)19(4)5)17-8-12-15-7-11(3)21-12/h7,10H,6,8-9H2,1-5H3,(H2,16,17,18). The number of hydrogen-bond donors (Lipinski definition) is 2. The number of amides is 1. The molecule has 0 saturated carbocycles. The number of aliphatic imine (C=N–C) groups is 1. The average Bonchev–Trinajstić information content (AvgIpc) is 2.82. The summed E-state index contributed by atoms with van der Waals surface area (Å²) in [4.78, 5) is 23.0. The molecule has 118 valence electrons. The molecule has 1 aromatic heterocycles. The predicted molar refractivity (Wildman–Crippen MR) is 87.5 cm³/mol. The first-order valence-electron chi connectivity index (χ1n) is 7.02. The Morgan fingerprint density at radius 3 is 2.67 bits per heavy atom. The molecule has 1 heterocycles. The molecule has 2 N–H and O–H groups in total. The Balaban J connectivity index is 2.58. The van der Waals surface area contributed by atoms with Gasteiger partial charge in [-0.05, 0) is 12.8 Å². The Morgan fingerprint density at radius 1 is 1.43 bits per heavy atom. The van der Waals surface area contributed by atoms with Gasteiger partial charge in [-0.1, -0.05) is 13.8 Å². The lowest BCUT2D eigenvalue weighted by Crippen LogP contribution is -2.39. The van der Waals surface area contributed by atoms with Crippen LogP contribution in [0.2, 0.25) is 0 Å². The summed E-state index contributed by atoms with van der Waals surface area (Å²) in [6, 6.07) is 0. The van der Waals surface area contributed by atoms with Gasteiger partial charge in [0.2, 0.25) is 5.91 Å². The van der Waals surface area contributed by atoms with E-state index in [2.05, 4.69) is 34.5 Å². The van der Waals surface area contributed by atoms with Gasteiger partial charge >= 0.3 is 0 Å². The van der Waals surface area contributed by atoms with Crippen molar-refractivity contribution in [1.29, 1.82) is 0 Å². The second-order valence-electron chi connectivity index (χ2n) is 5.45. The highest BCUT2D eigenvalue weighted by atomic mass is 32.1. The minimum Gasteiger partial charge on any atom is -0.356 e. The van der Waals surface area contributed by atoms with Gasteiger partial charge in [-0.2, -0.15) is 0 Å². The molecule has 0 spiro atoms. The van der Waals surface area contributed by atoms with E-state index in [9.17, 15) is 4.79 Å². The summed E-state index contributed by atoms with van der Waals surface area (Å²) in [5.41, 5.74) is 0. The van der Waals surface area contributed by atoms with E-state index in [-0.39, 0.29) is 12.5 Å². The van der Waals surface area contributed by atoms with Crippen LogP contribution in [-0.4, -0.2) is 48.9 Å². The fourth-order valence-corrected chi connectivity index (χ4v) is 2.13. The van der Waals surface area contributed by atoms with E-state index in [0.717, 1.165) is 11.6 Å². The Morgan fingerprint density at radius 2 is 2.14 bits per heavy atom. The van der Waals surface area contributed by atoms with E-state index in [1.54, 1.807) is 25.4 Å². The number of hydrogen-bond acceptors (Lipinski definition) is 4. The highest BCUT2D eigenvalue weighted by Crippen LogP contribution is 2.10. The summed E-state index contributed by atoms with van der Waals surface area (Å²) in [5, 5.41) is 7.46. The molecule has 0 bridgehead atoms. The van der Waals surface area contributed by atoms with E-state index in [1.165, 1.54) is 9.78 Å². The molecule has 0 aliphatic rings. The van der Waals surface area contributed by atoms with Crippen LogP contribution >= 0.6 is 11.3 Å². The van der Waals surface area contributed by atoms with Gasteiger partial charge < -0.3 is 15.5 Å². The number of aromatic nitrogens is 1. The molecule has 0 radical (unpaired) electrons. The molecule has 0 saturated heterocycles. The topological polar surface area (TPSA) is 69.6 Å². The van der Waals surface area contributed by atoms with Gasteiger partial charge in [0.25, 0.3) is 0 Å². The van der Waals surface area contributed by atoms with Gasteiger partial charge in [-0.15, -0.1) is 11.3 Å². The van der Waals surface area contributed by atoms with Gasteiger partial charge in [-0.25, -0.2) is 9.98 Å². The van der Waals surface area contributed by atoms with Gasteiger partial charge in [0, 0.05) is 31.7 Å². The van der Waals surface area contributed by atoms with Crippen molar-refractivity contribution in [2.24, 2.45) is 10.9 Å². The molecule has 1 rings (SSSR count). The summed E-state index contributed by atoms with van der Waals surface area (Å²) >= 11 is 1.65. The fraction of sp³-hybridized carbons (Fsp3) is 0.643. The third kappa shape index (κ3) is 7.08. The van der Waals surface area contributed by atoms with Crippen molar-refractivity contribution >= 4 is 23.2 Å². The van der Waals surface area contributed by atoms with Crippen LogP contribution in [0, 0.1) is 12.8 Å². The highest BCUT2D eigenvalue weighted by Gasteiger charge is 2.06. The Hall–Kier alpha value is -1.63. The minimum atomic E-state index is -0.0225. The number of nitrogens with zero attached hydrogens (tertiary/aromatic N) is 3. The molecular formula is C14H25N5OS. The van der Waals surface area contributed by atoms with Crippen molar-refractivity contribution in [3.05, 3.63) is 16.1 Å². The van der Waals surface area contributed by atoms with Crippen LogP contribution in [0.25, 0.3) is 0 Å². The number of nitrogens with one attached hydrogen (secondary N) is 2. The summed E-state index contributed by atoms with van der Waals surface area (Å²) < 4.78 is 0. The Bertz CT molecular complexity index is 481. The predicted octanol–water partition coefficient (Wildman–Crippen LogP) is 1.23. The number of rotatable bonds is 6. The van der Waals surface area contributed by atoms with Gasteiger partial charge in [0.05, 0.1) is 6.54 Å². The zero-order valence-corrected chi connectivity index (χ0v) is 14.3. The molecule has 6 nitrogen and oxygen atoms in total. The van der Waals surface area contributed by atoms with Crippen molar-refractivity contribution in [1.82, 2.24) is 20.5 Å². The maximum Gasteiger partial charge on any atom is 0.243 e. The zero-order chi connectivity index (χ0) is 15.8. The van der Waals surface area contributed by atoms with E-state index >= 15 is 0 Å². The van der Waals surface area contributed by atoms with Crippen LogP contribution in [-0.2, 0) is 11.3 Å². The maximum atomic E-state index is 11.6. The minimum absolute atomic E-state index is 0.0225. The van der Waals surface area contributed by atoms with Gasteiger partial charge in [0.15, 0.2) is 5.96 Å². The number of carbonyl (C=O) groups is 1. The zero-order valence-electron chi connectivity index (χ0n) is 13.4. The largest absolute Gasteiger partial charge is 0.356 e. The maximum absolute atomic E-state index is 11.6. The van der Waals surface area contributed by atoms with E-state index in [4.69, 9.17) is 0 Å². The summed E-state index contributed by atoms with van der Waals surface area (Å²) in [6.45, 7) is 7.83. The van der Waals surface area contributed by atoms with Crippen LogP contribution in [0.3, 0.4) is 0 Å². The van der Waals surface area contributed by atoms with E-state index in [1.807, 2.05) is 13.1 Å². The van der Waals surface area contributed by atoms with Crippen LogP contribution in [0.1, 0.15) is 23.7 Å². The summed E-state index contributed by atoms with van der Waals surface area (Å²) in [7, 11) is 3.45. The van der Waals surface area contributed by atoms with Crippen molar-refractivity contribution in [3.63, 3.8) is 0 Å². The second kappa shape index (κ2) is 8.61. The van der Waals surface area contributed by atoms with Gasteiger partial charge in [0.1, 0.15) is 11.6 Å². The van der Waals surface area contributed by atoms with Crippen LogP contribution in [0.5, 0.6) is 0 Å². The lowest BCUT2D eigenvalue weighted by atomic mass is 10.2. The monoisotopic (exact) mass is 311 g/mol. The molecule has 0 unspecified atom stereocenters. The average molecular weight is 311 g/mol. The number of aryl methyl sites for hydroxylation is 1. The molecule has 0 aliphatic heterocycles. The number of carbonyl (C=O) groups excluding carboxylic acids is 1.